The minimum absolute atomic E-state index is 0.209. The van der Waals surface area contributed by atoms with E-state index in [-0.39, 0.29) is 5.69 Å². The number of halogens is 2. The molecule has 1 aromatic heterocycles. The molecule has 0 aliphatic heterocycles. The Morgan fingerprint density at radius 2 is 1.89 bits per heavy atom. The van der Waals surface area contributed by atoms with Crippen LogP contribution in [0, 0.1) is 0 Å². The highest BCUT2D eigenvalue weighted by atomic mass is 35.5. The van der Waals surface area contributed by atoms with Crippen LogP contribution in [0.1, 0.15) is 16.1 Å². The van der Waals surface area contributed by atoms with Gasteiger partial charge in [0.15, 0.2) is 0 Å². The number of nitrogens with zero attached hydrogens (tertiary/aromatic N) is 2. The van der Waals surface area contributed by atoms with Crippen LogP contribution < -0.4 is 5.43 Å². The van der Waals surface area contributed by atoms with Crippen molar-refractivity contribution in [1.29, 1.82) is 0 Å². The zero-order valence-corrected chi connectivity index (χ0v) is 11.2. The lowest BCUT2D eigenvalue weighted by molar-refractivity contribution is 0.0950. The number of amides is 1. The first-order valence-corrected chi connectivity index (χ1v) is 6.11. The topological polar surface area (TPSA) is 54.4 Å². The fourth-order valence-corrected chi connectivity index (χ4v) is 1.59. The van der Waals surface area contributed by atoms with Crippen molar-refractivity contribution in [3.63, 3.8) is 0 Å². The van der Waals surface area contributed by atoms with Crippen molar-refractivity contribution < 1.29 is 4.79 Å². The van der Waals surface area contributed by atoms with Crippen LogP contribution in [0.4, 0.5) is 0 Å². The molecular weight excluding hydrogens is 285 g/mol. The number of hydrazone groups is 1. The van der Waals surface area contributed by atoms with Crippen molar-refractivity contribution in [3.05, 3.63) is 63.9 Å². The summed E-state index contributed by atoms with van der Waals surface area (Å²) in [6.07, 6.45) is 2.97. The van der Waals surface area contributed by atoms with Crippen molar-refractivity contribution in [3.8, 4) is 0 Å². The Labute approximate surface area is 120 Å². The lowest BCUT2D eigenvalue weighted by atomic mass is 10.2. The van der Waals surface area contributed by atoms with Gasteiger partial charge in [0, 0.05) is 16.2 Å². The predicted octanol–water partition coefficient (Wildman–Crippen LogP) is 3.15. The van der Waals surface area contributed by atoms with Gasteiger partial charge in [0.2, 0.25) is 0 Å². The summed E-state index contributed by atoms with van der Waals surface area (Å²) in [6, 6.07) is 10.1. The Hall–Kier alpha value is -1.91. The molecule has 0 saturated carbocycles. The molecule has 0 spiro atoms. The van der Waals surface area contributed by atoms with Crippen molar-refractivity contribution in [2.45, 2.75) is 0 Å². The SMILES string of the molecule is O=C(NN=Cc1ccc(Cl)cc1)c1cc(Cl)ccn1. The largest absolute Gasteiger partial charge is 0.289 e. The van der Waals surface area contributed by atoms with E-state index in [1.165, 1.54) is 18.5 Å². The lowest BCUT2D eigenvalue weighted by Gasteiger charge is -1.99. The summed E-state index contributed by atoms with van der Waals surface area (Å²) >= 11 is 11.5. The molecule has 2 aromatic rings. The van der Waals surface area contributed by atoms with Crippen LogP contribution in [-0.4, -0.2) is 17.1 Å². The molecule has 0 fully saturated rings. The van der Waals surface area contributed by atoms with Gasteiger partial charge in [-0.25, -0.2) is 5.43 Å². The molecule has 0 bridgehead atoms. The van der Waals surface area contributed by atoms with Gasteiger partial charge in [0.05, 0.1) is 6.21 Å². The molecule has 96 valence electrons. The average molecular weight is 294 g/mol. The van der Waals surface area contributed by atoms with Crippen LogP contribution in [0.2, 0.25) is 10.0 Å². The summed E-state index contributed by atoms with van der Waals surface area (Å²) in [7, 11) is 0. The van der Waals surface area contributed by atoms with E-state index in [4.69, 9.17) is 23.2 Å². The summed E-state index contributed by atoms with van der Waals surface area (Å²) < 4.78 is 0. The number of pyridine rings is 1. The van der Waals surface area contributed by atoms with Gasteiger partial charge in [-0.1, -0.05) is 35.3 Å². The Morgan fingerprint density at radius 1 is 1.16 bits per heavy atom. The molecule has 1 aromatic carbocycles. The fraction of sp³-hybridized carbons (Fsp3) is 0. The maximum Gasteiger partial charge on any atom is 0.289 e. The number of nitrogens with one attached hydrogen (secondary N) is 1. The quantitative estimate of drug-likeness (QED) is 0.698. The average Bonchev–Trinajstić information content (AvgIpc) is 2.41. The van der Waals surface area contributed by atoms with Crippen molar-refractivity contribution in [2.75, 3.05) is 0 Å². The van der Waals surface area contributed by atoms with Crippen LogP contribution in [0.5, 0.6) is 0 Å². The first kappa shape index (κ1) is 13.5. The molecule has 0 atom stereocenters. The van der Waals surface area contributed by atoms with Gasteiger partial charge in [-0.2, -0.15) is 5.10 Å². The molecule has 19 heavy (non-hydrogen) atoms. The first-order chi connectivity index (χ1) is 9.15. The zero-order chi connectivity index (χ0) is 13.7. The van der Waals surface area contributed by atoms with E-state index in [1.807, 2.05) is 0 Å². The van der Waals surface area contributed by atoms with Crippen LogP contribution in [0.3, 0.4) is 0 Å². The second kappa shape index (κ2) is 6.31. The highest BCUT2D eigenvalue weighted by Crippen LogP contribution is 2.08. The van der Waals surface area contributed by atoms with Crippen LogP contribution >= 0.6 is 23.2 Å². The normalized spacial score (nSPS) is 10.6. The number of aromatic nitrogens is 1. The minimum atomic E-state index is -0.423. The van der Waals surface area contributed by atoms with E-state index in [9.17, 15) is 4.79 Å². The third-order valence-electron chi connectivity index (χ3n) is 2.20. The zero-order valence-electron chi connectivity index (χ0n) is 9.68. The smallest absolute Gasteiger partial charge is 0.266 e. The van der Waals surface area contributed by atoms with Gasteiger partial charge in [0.1, 0.15) is 5.69 Å². The molecule has 0 radical (unpaired) electrons. The highest BCUT2D eigenvalue weighted by Gasteiger charge is 2.05. The summed E-state index contributed by atoms with van der Waals surface area (Å²) in [4.78, 5) is 15.6. The van der Waals surface area contributed by atoms with Crippen LogP contribution in [-0.2, 0) is 0 Å². The van der Waals surface area contributed by atoms with E-state index in [0.29, 0.717) is 10.0 Å². The Bertz CT molecular complexity index is 612. The molecule has 0 aliphatic carbocycles. The Morgan fingerprint density at radius 3 is 2.58 bits per heavy atom. The summed E-state index contributed by atoms with van der Waals surface area (Å²) in [5.74, 6) is -0.423. The minimum Gasteiger partial charge on any atom is -0.266 e. The summed E-state index contributed by atoms with van der Waals surface area (Å²) in [6.45, 7) is 0. The maximum absolute atomic E-state index is 11.7. The van der Waals surface area contributed by atoms with E-state index < -0.39 is 5.91 Å². The molecule has 2 rings (SSSR count). The third-order valence-corrected chi connectivity index (χ3v) is 2.69. The molecular formula is C13H9Cl2N3O. The van der Waals surface area contributed by atoms with Gasteiger partial charge in [0.25, 0.3) is 5.91 Å². The fourth-order valence-electron chi connectivity index (χ4n) is 1.30. The number of rotatable bonds is 3. The summed E-state index contributed by atoms with van der Waals surface area (Å²) in [5.41, 5.74) is 3.40. The Kier molecular flexibility index (Phi) is 4.49. The van der Waals surface area contributed by atoms with Gasteiger partial charge in [-0.3, -0.25) is 9.78 Å². The molecule has 1 amide bonds. The highest BCUT2D eigenvalue weighted by molar-refractivity contribution is 6.31. The van der Waals surface area contributed by atoms with Crippen LogP contribution in [0.15, 0.2) is 47.7 Å². The maximum atomic E-state index is 11.7. The van der Waals surface area contributed by atoms with Gasteiger partial charge in [-0.05, 0) is 29.8 Å². The van der Waals surface area contributed by atoms with Crippen molar-refractivity contribution in [2.24, 2.45) is 5.10 Å². The van der Waals surface area contributed by atoms with E-state index in [1.54, 1.807) is 30.3 Å². The van der Waals surface area contributed by atoms with Crippen molar-refractivity contribution >= 4 is 35.3 Å². The molecule has 6 heteroatoms. The van der Waals surface area contributed by atoms with Crippen LogP contribution in [0.25, 0.3) is 0 Å². The van der Waals surface area contributed by atoms with E-state index in [2.05, 4.69) is 15.5 Å². The number of carbonyl (C=O) groups is 1. The molecule has 0 aliphatic rings. The molecule has 0 unspecified atom stereocenters. The molecule has 1 N–H and O–H groups in total. The monoisotopic (exact) mass is 293 g/mol. The molecule has 4 nitrogen and oxygen atoms in total. The third kappa shape index (κ3) is 4.05. The van der Waals surface area contributed by atoms with Gasteiger partial charge < -0.3 is 0 Å². The second-order valence-corrected chi connectivity index (χ2v) is 4.48. The molecule has 1 heterocycles. The van der Waals surface area contributed by atoms with E-state index in [0.717, 1.165) is 5.56 Å². The standard InChI is InChI=1S/C13H9Cl2N3O/c14-10-3-1-9(2-4-10)8-17-18-13(19)12-7-11(15)5-6-16-12/h1-8H,(H,18,19). The number of hydrogen-bond donors (Lipinski definition) is 1. The van der Waals surface area contributed by atoms with Crippen molar-refractivity contribution in [1.82, 2.24) is 10.4 Å². The number of hydrogen-bond acceptors (Lipinski definition) is 3. The lowest BCUT2D eigenvalue weighted by Crippen LogP contribution is -2.18. The number of carbonyl (C=O) groups excluding carboxylic acids is 1. The second-order valence-electron chi connectivity index (χ2n) is 3.61. The van der Waals surface area contributed by atoms with Gasteiger partial charge in [-0.15, -0.1) is 0 Å². The first-order valence-electron chi connectivity index (χ1n) is 5.36. The molecule has 0 saturated heterocycles. The van der Waals surface area contributed by atoms with Gasteiger partial charge >= 0.3 is 0 Å². The number of benzene rings is 1. The Balaban J connectivity index is 1.98. The predicted molar refractivity (Wildman–Crippen MR) is 75.8 cm³/mol. The van der Waals surface area contributed by atoms with E-state index >= 15 is 0 Å². The summed E-state index contributed by atoms with van der Waals surface area (Å²) in [5, 5.41) is 4.92.